The summed E-state index contributed by atoms with van der Waals surface area (Å²) in [5.74, 6) is 0.568. The Kier molecular flexibility index (Phi) is 6.10. The van der Waals surface area contributed by atoms with E-state index in [0.717, 1.165) is 0 Å². The highest BCUT2D eigenvalue weighted by atomic mass is 16.5. The van der Waals surface area contributed by atoms with Gasteiger partial charge in [0.05, 0.1) is 46.0 Å². The van der Waals surface area contributed by atoms with Crippen molar-refractivity contribution >= 4 is 0 Å². The molecule has 0 saturated heterocycles. The molecule has 1 rings (SSSR count). The maximum Gasteiger partial charge on any atom is 0.203 e. The molecule has 0 aliphatic rings. The minimum absolute atomic E-state index is 0.0644. The second-order valence-electron chi connectivity index (χ2n) is 4.09. The summed E-state index contributed by atoms with van der Waals surface area (Å²) in [5.41, 5.74) is 0.576. The van der Waals surface area contributed by atoms with Crippen LogP contribution in [0.3, 0.4) is 0 Å². The van der Waals surface area contributed by atoms with Crippen molar-refractivity contribution in [2.45, 2.75) is 12.0 Å². The average Bonchev–Trinajstić information content (AvgIpc) is 2.47. The van der Waals surface area contributed by atoms with Crippen LogP contribution >= 0.6 is 0 Å². The SMILES string of the molecule is COCC(O)C(C#N)c1cc(OC)c(OC)c(OC)c1. The first kappa shape index (κ1) is 16.1. The molecule has 1 aromatic rings. The highest BCUT2D eigenvalue weighted by Gasteiger charge is 2.24. The number of aliphatic hydroxyl groups excluding tert-OH is 1. The third-order valence-corrected chi connectivity index (χ3v) is 2.91. The first-order valence-electron chi connectivity index (χ1n) is 5.99. The molecule has 1 aromatic carbocycles. The Morgan fingerprint density at radius 2 is 1.65 bits per heavy atom. The van der Waals surface area contributed by atoms with Gasteiger partial charge in [0, 0.05) is 7.11 Å². The Bertz CT molecular complexity index is 458. The summed E-state index contributed by atoms with van der Waals surface area (Å²) >= 11 is 0. The van der Waals surface area contributed by atoms with Crippen LogP contribution in [0.5, 0.6) is 17.2 Å². The lowest BCUT2D eigenvalue weighted by atomic mass is 9.94. The van der Waals surface area contributed by atoms with E-state index in [4.69, 9.17) is 18.9 Å². The van der Waals surface area contributed by atoms with E-state index in [-0.39, 0.29) is 6.61 Å². The number of methoxy groups -OCH3 is 4. The van der Waals surface area contributed by atoms with Gasteiger partial charge in [0.1, 0.15) is 0 Å². The molecule has 110 valence electrons. The van der Waals surface area contributed by atoms with Crippen molar-refractivity contribution in [1.82, 2.24) is 0 Å². The van der Waals surface area contributed by atoms with Crippen LogP contribution in [0.2, 0.25) is 0 Å². The molecule has 2 unspecified atom stereocenters. The van der Waals surface area contributed by atoms with Crippen molar-refractivity contribution in [3.8, 4) is 23.3 Å². The fourth-order valence-corrected chi connectivity index (χ4v) is 1.93. The Balaban J connectivity index is 3.27. The van der Waals surface area contributed by atoms with Crippen molar-refractivity contribution in [1.29, 1.82) is 5.26 Å². The molecular weight excluding hydrogens is 262 g/mol. The van der Waals surface area contributed by atoms with E-state index in [0.29, 0.717) is 22.8 Å². The Hall–Kier alpha value is -1.97. The van der Waals surface area contributed by atoms with E-state index in [9.17, 15) is 10.4 Å². The highest BCUT2D eigenvalue weighted by molar-refractivity contribution is 5.55. The molecule has 0 radical (unpaired) electrons. The number of rotatable bonds is 7. The molecule has 0 spiro atoms. The number of ether oxygens (including phenoxy) is 4. The van der Waals surface area contributed by atoms with Crippen LogP contribution in [0.25, 0.3) is 0 Å². The molecule has 0 heterocycles. The van der Waals surface area contributed by atoms with Gasteiger partial charge in [0.15, 0.2) is 11.5 Å². The smallest absolute Gasteiger partial charge is 0.203 e. The minimum atomic E-state index is -0.937. The number of nitriles is 1. The van der Waals surface area contributed by atoms with Gasteiger partial charge >= 0.3 is 0 Å². The number of benzene rings is 1. The first-order chi connectivity index (χ1) is 9.62. The molecule has 0 saturated carbocycles. The van der Waals surface area contributed by atoms with E-state index >= 15 is 0 Å². The number of hydrogen-bond acceptors (Lipinski definition) is 6. The van der Waals surface area contributed by atoms with E-state index in [2.05, 4.69) is 6.07 Å². The zero-order valence-electron chi connectivity index (χ0n) is 12.0. The summed E-state index contributed by atoms with van der Waals surface area (Å²) in [6.45, 7) is 0.0644. The molecule has 1 N–H and O–H groups in total. The predicted molar refractivity (Wildman–Crippen MR) is 72.3 cm³/mol. The van der Waals surface area contributed by atoms with Crippen LogP contribution in [0.1, 0.15) is 11.5 Å². The minimum Gasteiger partial charge on any atom is -0.493 e. The quantitative estimate of drug-likeness (QED) is 0.812. The van der Waals surface area contributed by atoms with Crippen molar-refractivity contribution in [3.63, 3.8) is 0 Å². The topological polar surface area (TPSA) is 80.9 Å². The fraction of sp³-hybridized carbons (Fsp3) is 0.500. The molecule has 0 aromatic heterocycles. The molecule has 2 atom stereocenters. The van der Waals surface area contributed by atoms with Crippen molar-refractivity contribution in [2.75, 3.05) is 35.0 Å². The largest absolute Gasteiger partial charge is 0.493 e. The molecule has 6 heteroatoms. The maximum absolute atomic E-state index is 9.96. The van der Waals surface area contributed by atoms with Gasteiger partial charge in [0.25, 0.3) is 0 Å². The molecule has 6 nitrogen and oxygen atoms in total. The zero-order chi connectivity index (χ0) is 15.1. The second-order valence-corrected chi connectivity index (χ2v) is 4.09. The van der Waals surface area contributed by atoms with Gasteiger partial charge in [0.2, 0.25) is 5.75 Å². The average molecular weight is 281 g/mol. The zero-order valence-corrected chi connectivity index (χ0v) is 12.0. The van der Waals surface area contributed by atoms with Crippen LogP contribution in [0.4, 0.5) is 0 Å². The van der Waals surface area contributed by atoms with Gasteiger partial charge in [-0.1, -0.05) is 0 Å². The van der Waals surface area contributed by atoms with Crippen molar-refractivity contribution in [2.24, 2.45) is 0 Å². The molecule has 0 aliphatic heterocycles. The summed E-state index contributed by atoms with van der Waals surface area (Å²) in [6, 6.07) is 5.35. The third-order valence-electron chi connectivity index (χ3n) is 2.91. The maximum atomic E-state index is 9.96. The number of aliphatic hydroxyl groups is 1. The molecule has 0 fully saturated rings. The summed E-state index contributed by atoms with van der Waals surface area (Å²) in [4.78, 5) is 0. The normalized spacial score (nSPS) is 13.2. The Labute approximate surface area is 118 Å². The molecule has 0 amide bonds. The second kappa shape index (κ2) is 7.58. The van der Waals surface area contributed by atoms with Gasteiger partial charge in [-0.25, -0.2) is 0 Å². The first-order valence-corrected chi connectivity index (χ1v) is 5.99. The lowest BCUT2D eigenvalue weighted by molar-refractivity contribution is 0.0571. The summed E-state index contributed by atoms with van der Waals surface area (Å²) < 4.78 is 20.5. The van der Waals surface area contributed by atoms with Gasteiger partial charge in [-0.15, -0.1) is 0 Å². The summed E-state index contributed by atoms with van der Waals surface area (Å²) in [5, 5.41) is 19.2. The summed E-state index contributed by atoms with van der Waals surface area (Å²) in [6.07, 6.45) is -0.937. The van der Waals surface area contributed by atoms with Crippen LogP contribution in [0, 0.1) is 11.3 Å². The van der Waals surface area contributed by atoms with Crippen LogP contribution in [0.15, 0.2) is 12.1 Å². The van der Waals surface area contributed by atoms with E-state index in [1.54, 1.807) is 12.1 Å². The lowest BCUT2D eigenvalue weighted by Gasteiger charge is -2.19. The monoisotopic (exact) mass is 281 g/mol. The number of nitrogens with zero attached hydrogens (tertiary/aromatic N) is 1. The Morgan fingerprint density at radius 1 is 1.10 bits per heavy atom. The van der Waals surface area contributed by atoms with Gasteiger partial charge in [-0.3, -0.25) is 0 Å². The molecule has 0 aliphatic carbocycles. The van der Waals surface area contributed by atoms with E-state index in [1.807, 2.05) is 0 Å². The van der Waals surface area contributed by atoms with Crippen LogP contribution in [-0.4, -0.2) is 46.3 Å². The van der Waals surface area contributed by atoms with Gasteiger partial charge < -0.3 is 24.1 Å². The fourth-order valence-electron chi connectivity index (χ4n) is 1.93. The van der Waals surface area contributed by atoms with Crippen molar-refractivity contribution in [3.05, 3.63) is 17.7 Å². The van der Waals surface area contributed by atoms with Gasteiger partial charge in [-0.2, -0.15) is 5.26 Å². The van der Waals surface area contributed by atoms with Crippen LogP contribution < -0.4 is 14.2 Å². The molecular formula is C14H19NO5. The van der Waals surface area contributed by atoms with Gasteiger partial charge in [-0.05, 0) is 17.7 Å². The Morgan fingerprint density at radius 3 is 2.00 bits per heavy atom. The molecule has 0 bridgehead atoms. The van der Waals surface area contributed by atoms with Crippen molar-refractivity contribution < 1.29 is 24.1 Å². The highest BCUT2D eigenvalue weighted by Crippen LogP contribution is 2.40. The standard InChI is InChI=1S/C14H19NO5/c1-17-8-11(16)10(7-15)9-5-12(18-2)14(20-4)13(6-9)19-3/h5-6,10-11,16H,8H2,1-4H3. The van der Waals surface area contributed by atoms with E-state index < -0.39 is 12.0 Å². The molecule has 20 heavy (non-hydrogen) atoms. The summed E-state index contributed by atoms with van der Waals surface area (Å²) in [7, 11) is 5.95. The van der Waals surface area contributed by atoms with Crippen LogP contribution in [-0.2, 0) is 4.74 Å². The lowest BCUT2D eigenvalue weighted by Crippen LogP contribution is -2.22. The van der Waals surface area contributed by atoms with E-state index in [1.165, 1.54) is 28.4 Å². The number of hydrogen-bond donors (Lipinski definition) is 1. The third kappa shape index (κ3) is 3.32. The predicted octanol–water partition coefficient (Wildman–Crippen LogP) is 1.33.